The second-order valence-corrected chi connectivity index (χ2v) is 7.58. The van der Waals surface area contributed by atoms with Crippen LogP contribution in [0.4, 0.5) is 5.82 Å². The molecule has 0 fully saturated rings. The molecule has 1 N–H and O–H groups in total. The quantitative estimate of drug-likeness (QED) is 0.361. The van der Waals surface area contributed by atoms with E-state index in [0.717, 1.165) is 16.9 Å². The molecule has 3 aromatic rings. The fourth-order valence-electron chi connectivity index (χ4n) is 2.41. The lowest BCUT2D eigenvalue weighted by molar-refractivity contribution is 0.0951. The van der Waals surface area contributed by atoms with Gasteiger partial charge in [-0.05, 0) is 35.4 Å². The lowest BCUT2D eigenvalue weighted by atomic mass is 10.1. The molecule has 2 aromatic heterocycles. The van der Waals surface area contributed by atoms with Crippen molar-refractivity contribution in [3.63, 3.8) is 0 Å². The van der Waals surface area contributed by atoms with Crippen LogP contribution in [0.15, 0.2) is 60.0 Å². The summed E-state index contributed by atoms with van der Waals surface area (Å²) in [5.74, 6) is 1.28. The van der Waals surface area contributed by atoms with Crippen molar-refractivity contribution in [1.82, 2.24) is 20.3 Å². The van der Waals surface area contributed by atoms with Crippen LogP contribution in [0.5, 0.6) is 0 Å². The van der Waals surface area contributed by atoms with E-state index in [1.807, 2.05) is 49.3 Å². The molecule has 8 heteroatoms. The predicted molar refractivity (Wildman–Crippen MR) is 113 cm³/mol. The van der Waals surface area contributed by atoms with Gasteiger partial charge in [0.15, 0.2) is 5.16 Å². The topological polar surface area (TPSA) is 71.0 Å². The Morgan fingerprint density at radius 3 is 2.64 bits per heavy atom. The molecule has 0 atom stereocenters. The number of hydrogen-bond donors (Lipinski definition) is 1. The summed E-state index contributed by atoms with van der Waals surface area (Å²) in [4.78, 5) is 27.0. The van der Waals surface area contributed by atoms with Crippen LogP contribution in [0, 0.1) is 0 Å². The van der Waals surface area contributed by atoms with E-state index < -0.39 is 0 Å². The number of carbonyl (C=O) groups excluding carboxylic acids is 1. The van der Waals surface area contributed by atoms with E-state index in [4.69, 9.17) is 11.6 Å². The SMILES string of the molecule is CN(C)c1cc(Cl)nc(SCc2cccc(C(=O)NCc3ccncc3)c2)n1. The number of halogens is 1. The maximum atomic E-state index is 12.4. The monoisotopic (exact) mass is 413 g/mol. The van der Waals surface area contributed by atoms with E-state index in [0.29, 0.717) is 28.2 Å². The van der Waals surface area contributed by atoms with Gasteiger partial charge in [-0.15, -0.1) is 0 Å². The number of benzene rings is 1. The number of rotatable bonds is 7. The van der Waals surface area contributed by atoms with Crippen molar-refractivity contribution in [1.29, 1.82) is 0 Å². The first-order valence-electron chi connectivity index (χ1n) is 8.62. The van der Waals surface area contributed by atoms with Gasteiger partial charge >= 0.3 is 0 Å². The molecule has 0 bridgehead atoms. The molecule has 0 aliphatic carbocycles. The van der Waals surface area contributed by atoms with Crippen LogP contribution >= 0.6 is 23.4 Å². The van der Waals surface area contributed by atoms with Crippen molar-refractivity contribution < 1.29 is 4.79 Å². The van der Waals surface area contributed by atoms with Gasteiger partial charge in [0.1, 0.15) is 11.0 Å². The van der Waals surface area contributed by atoms with Crippen LogP contribution < -0.4 is 10.2 Å². The Labute approximate surface area is 173 Å². The molecule has 144 valence electrons. The molecule has 0 saturated heterocycles. The summed E-state index contributed by atoms with van der Waals surface area (Å²) < 4.78 is 0. The zero-order chi connectivity index (χ0) is 19.9. The Balaban J connectivity index is 1.62. The van der Waals surface area contributed by atoms with E-state index in [-0.39, 0.29) is 5.91 Å². The van der Waals surface area contributed by atoms with Crippen LogP contribution in [0.2, 0.25) is 5.15 Å². The van der Waals surface area contributed by atoms with Gasteiger partial charge in [0.2, 0.25) is 0 Å². The third-order valence-corrected chi connectivity index (χ3v) is 4.99. The summed E-state index contributed by atoms with van der Waals surface area (Å²) in [7, 11) is 3.81. The lowest BCUT2D eigenvalue weighted by Crippen LogP contribution is -2.22. The second-order valence-electron chi connectivity index (χ2n) is 6.25. The summed E-state index contributed by atoms with van der Waals surface area (Å²) in [5, 5.41) is 3.93. The molecular weight excluding hydrogens is 394 g/mol. The molecular formula is C20H20ClN5OS. The zero-order valence-corrected chi connectivity index (χ0v) is 17.2. The van der Waals surface area contributed by atoms with Crippen LogP contribution in [0.3, 0.4) is 0 Å². The van der Waals surface area contributed by atoms with Crippen LogP contribution in [0.1, 0.15) is 21.5 Å². The number of thioether (sulfide) groups is 1. The highest BCUT2D eigenvalue weighted by atomic mass is 35.5. The zero-order valence-electron chi connectivity index (χ0n) is 15.6. The average Bonchev–Trinajstić information content (AvgIpc) is 2.71. The number of anilines is 1. The van der Waals surface area contributed by atoms with Crippen molar-refractivity contribution in [3.05, 3.63) is 76.7 Å². The van der Waals surface area contributed by atoms with Crippen LogP contribution in [0.25, 0.3) is 0 Å². The van der Waals surface area contributed by atoms with Crippen LogP contribution in [-0.2, 0) is 12.3 Å². The molecule has 0 radical (unpaired) electrons. The van der Waals surface area contributed by atoms with E-state index >= 15 is 0 Å². The molecule has 0 unspecified atom stereocenters. The van der Waals surface area contributed by atoms with Crippen molar-refractivity contribution in [2.24, 2.45) is 0 Å². The minimum Gasteiger partial charge on any atom is -0.363 e. The van der Waals surface area contributed by atoms with E-state index in [2.05, 4.69) is 20.3 Å². The molecule has 0 spiro atoms. The van der Waals surface area contributed by atoms with Gasteiger partial charge in [-0.25, -0.2) is 9.97 Å². The Kier molecular flexibility index (Phi) is 6.84. The highest BCUT2D eigenvalue weighted by Gasteiger charge is 2.09. The molecule has 0 aliphatic heterocycles. The Morgan fingerprint density at radius 2 is 1.89 bits per heavy atom. The maximum Gasteiger partial charge on any atom is 0.251 e. The average molecular weight is 414 g/mol. The third kappa shape index (κ3) is 5.68. The first-order chi connectivity index (χ1) is 13.5. The van der Waals surface area contributed by atoms with Crippen molar-refractivity contribution >= 4 is 35.1 Å². The Bertz CT molecular complexity index is 952. The Morgan fingerprint density at radius 1 is 1.11 bits per heavy atom. The van der Waals surface area contributed by atoms with Gasteiger partial charge in [0, 0.05) is 50.4 Å². The molecule has 0 aliphatic rings. The lowest BCUT2D eigenvalue weighted by Gasteiger charge is -2.12. The molecule has 1 aromatic carbocycles. The number of amides is 1. The summed E-state index contributed by atoms with van der Waals surface area (Å²) in [6.07, 6.45) is 3.41. The first kappa shape index (κ1) is 20.1. The molecule has 3 rings (SSSR count). The number of nitrogens with one attached hydrogen (secondary N) is 1. The standard InChI is InChI=1S/C20H20ClN5OS/c1-26(2)18-11-17(21)24-20(25-18)28-13-15-4-3-5-16(10-15)19(27)23-12-14-6-8-22-9-7-14/h3-11H,12-13H2,1-2H3,(H,23,27). The number of aromatic nitrogens is 3. The van der Waals surface area contributed by atoms with Crippen molar-refractivity contribution in [2.75, 3.05) is 19.0 Å². The van der Waals surface area contributed by atoms with Gasteiger partial charge in [-0.1, -0.05) is 35.5 Å². The third-order valence-electron chi connectivity index (χ3n) is 3.88. The van der Waals surface area contributed by atoms with Crippen molar-refractivity contribution in [3.8, 4) is 0 Å². The van der Waals surface area contributed by atoms with Gasteiger partial charge in [0.05, 0.1) is 0 Å². The molecule has 1 amide bonds. The summed E-state index contributed by atoms with van der Waals surface area (Å²) in [6, 6.07) is 13.0. The van der Waals surface area contributed by atoms with Crippen molar-refractivity contribution in [2.45, 2.75) is 17.5 Å². The minimum atomic E-state index is -0.113. The molecule has 0 saturated carbocycles. The number of nitrogens with zero attached hydrogens (tertiary/aromatic N) is 4. The summed E-state index contributed by atoms with van der Waals surface area (Å²) in [6.45, 7) is 0.462. The second kappa shape index (κ2) is 9.52. The number of pyridine rings is 1. The van der Waals surface area contributed by atoms with Crippen LogP contribution in [-0.4, -0.2) is 35.0 Å². The normalized spacial score (nSPS) is 10.5. The molecule has 2 heterocycles. The molecule has 28 heavy (non-hydrogen) atoms. The highest BCUT2D eigenvalue weighted by Crippen LogP contribution is 2.24. The van der Waals surface area contributed by atoms with Gasteiger partial charge in [0.25, 0.3) is 5.91 Å². The smallest absolute Gasteiger partial charge is 0.251 e. The molecule has 6 nitrogen and oxygen atoms in total. The van der Waals surface area contributed by atoms with Gasteiger partial charge in [-0.3, -0.25) is 9.78 Å². The fraction of sp³-hybridized carbons (Fsp3) is 0.200. The summed E-state index contributed by atoms with van der Waals surface area (Å²) >= 11 is 7.56. The Hall–Kier alpha value is -2.64. The number of hydrogen-bond acceptors (Lipinski definition) is 6. The van der Waals surface area contributed by atoms with E-state index in [1.165, 1.54) is 11.8 Å². The predicted octanol–water partition coefficient (Wildman–Crippen LogP) is 3.81. The fourth-order valence-corrected chi connectivity index (χ4v) is 3.44. The number of carbonyl (C=O) groups is 1. The largest absolute Gasteiger partial charge is 0.363 e. The first-order valence-corrected chi connectivity index (χ1v) is 9.98. The van der Waals surface area contributed by atoms with E-state index in [1.54, 1.807) is 24.5 Å². The minimum absolute atomic E-state index is 0.113. The van der Waals surface area contributed by atoms with Gasteiger partial charge in [-0.2, -0.15) is 0 Å². The maximum absolute atomic E-state index is 12.4. The highest BCUT2D eigenvalue weighted by molar-refractivity contribution is 7.98. The van der Waals surface area contributed by atoms with E-state index in [9.17, 15) is 4.79 Å². The van der Waals surface area contributed by atoms with Gasteiger partial charge < -0.3 is 10.2 Å². The summed E-state index contributed by atoms with van der Waals surface area (Å²) in [5.41, 5.74) is 2.63.